The van der Waals surface area contributed by atoms with E-state index in [0.717, 1.165) is 19.3 Å². The molecule has 0 heterocycles. The van der Waals surface area contributed by atoms with E-state index in [4.69, 9.17) is 5.73 Å². The molecule has 20 heavy (non-hydrogen) atoms. The fourth-order valence-corrected chi connectivity index (χ4v) is 5.80. The maximum Gasteiger partial charge on any atom is 0.223 e. The van der Waals surface area contributed by atoms with Gasteiger partial charge in [-0.25, -0.2) is 0 Å². The van der Waals surface area contributed by atoms with E-state index in [1.807, 2.05) is 0 Å². The van der Waals surface area contributed by atoms with E-state index >= 15 is 0 Å². The molecule has 2 nitrogen and oxygen atoms in total. The predicted molar refractivity (Wildman–Crippen MR) is 79.2 cm³/mol. The third kappa shape index (κ3) is 1.60. The molecular weight excluding hydrogens is 246 g/mol. The number of rotatable bonds is 2. The van der Waals surface area contributed by atoms with Gasteiger partial charge in [0, 0.05) is 0 Å². The van der Waals surface area contributed by atoms with Gasteiger partial charge >= 0.3 is 0 Å². The summed E-state index contributed by atoms with van der Waals surface area (Å²) in [7, 11) is 0. The molecule has 1 aromatic carbocycles. The summed E-state index contributed by atoms with van der Waals surface area (Å²) in [5, 5.41) is 0. The third-order valence-corrected chi connectivity index (χ3v) is 6.25. The molecule has 5 rings (SSSR count). The van der Waals surface area contributed by atoms with Gasteiger partial charge in [0.2, 0.25) is 5.91 Å². The summed E-state index contributed by atoms with van der Waals surface area (Å²) in [5.41, 5.74) is 8.60. The van der Waals surface area contributed by atoms with Crippen molar-refractivity contribution in [2.24, 2.45) is 23.0 Å². The van der Waals surface area contributed by atoms with Crippen molar-refractivity contribution in [2.75, 3.05) is 0 Å². The molecule has 0 spiro atoms. The zero-order valence-corrected chi connectivity index (χ0v) is 12.2. The molecule has 0 aliphatic heterocycles. The summed E-state index contributed by atoms with van der Waals surface area (Å²) in [6.07, 6.45) is 6.94. The molecule has 4 aliphatic rings. The van der Waals surface area contributed by atoms with Crippen LogP contribution < -0.4 is 5.73 Å². The summed E-state index contributed by atoms with van der Waals surface area (Å²) < 4.78 is 0. The minimum atomic E-state index is -0.199. The molecule has 0 unspecified atom stereocenters. The topological polar surface area (TPSA) is 43.1 Å². The Kier molecular flexibility index (Phi) is 2.40. The number of carbonyl (C=O) groups excluding carboxylic acids is 1. The number of hydrogen-bond acceptors (Lipinski definition) is 1. The van der Waals surface area contributed by atoms with Crippen molar-refractivity contribution >= 4 is 5.91 Å². The Morgan fingerprint density at radius 2 is 1.70 bits per heavy atom. The van der Waals surface area contributed by atoms with Crippen LogP contribution >= 0.6 is 0 Å². The second-order valence-corrected chi connectivity index (χ2v) is 7.75. The molecule has 106 valence electrons. The molecule has 1 amide bonds. The van der Waals surface area contributed by atoms with Gasteiger partial charge < -0.3 is 5.73 Å². The van der Waals surface area contributed by atoms with Gasteiger partial charge in [-0.1, -0.05) is 29.8 Å². The molecule has 2 heteroatoms. The second-order valence-electron chi connectivity index (χ2n) is 7.75. The minimum Gasteiger partial charge on any atom is -0.369 e. The van der Waals surface area contributed by atoms with Gasteiger partial charge in [-0.15, -0.1) is 0 Å². The van der Waals surface area contributed by atoms with Crippen molar-refractivity contribution in [3.8, 4) is 0 Å². The van der Waals surface area contributed by atoms with Crippen molar-refractivity contribution in [3.63, 3.8) is 0 Å². The van der Waals surface area contributed by atoms with Crippen LogP contribution in [0, 0.1) is 24.2 Å². The van der Waals surface area contributed by atoms with E-state index in [1.165, 1.54) is 30.4 Å². The highest BCUT2D eigenvalue weighted by Crippen LogP contribution is 2.65. The van der Waals surface area contributed by atoms with Gasteiger partial charge in [0.25, 0.3) is 0 Å². The van der Waals surface area contributed by atoms with E-state index in [1.54, 1.807) is 0 Å². The first-order chi connectivity index (χ1) is 9.51. The van der Waals surface area contributed by atoms with Gasteiger partial charge in [0.05, 0.1) is 5.41 Å². The van der Waals surface area contributed by atoms with Crippen molar-refractivity contribution in [1.82, 2.24) is 0 Å². The fourth-order valence-electron chi connectivity index (χ4n) is 5.80. The Labute approximate surface area is 120 Å². The Balaban J connectivity index is 1.79. The Bertz CT molecular complexity index is 545. The smallest absolute Gasteiger partial charge is 0.223 e. The average Bonchev–Trinajstić information content (AvgIpc) is 2.37. The van der Waals surface area contributed by atoms with Crippen molar-refractivity contribution in [2.45, 2.75) is 50.9 Å². The lowest BCUT2D eigenvalue weighted by Gasteiger charge is -2.61. The molecule has 2 atom stereocenters. The van der Waals surface area contributed by atoms with Crippen LogP contribution in [-0.2, 0) is 10.2 Å². The number of hydrogen-bond donors (Lipinski definition) is 1. The number of primary amides is 1. The Morgan fingerprint density at radius 1 is 1.10 bits per heavy atom. The van der Waals surface area contributed by atoms with Gasteiger partial charge in [-0.05, 0) is 68.3 Å². The summed E-state index contributed by atoms with van der Waals surface area (Å²) >= 11 is 0. The quantitative estimate of drug-likeness (QED) is 0.879. The maximum absolute atomic E-state index is 12.1. The van der Waals surface area contributed by atoms with Crippen LogP contribution in [0.2, 0.25) is 0 Å². The summed E-state index contributed by atoms with van der Waals surface area (Å²) in [4.78, 5) is 12.1. The lowest BCUT2D eigenvalue weighted by molar-refractivity contribution is -0.145. The molecule has 1 aromatic rings. The molecule has 4 fully saturated rings. The van der Waals surface area contributed by atoms with Crippen LogP contribution in [0.15, 0.2) is 24.3 Å². The Hall–Kier alpha value is -1.31. The molecule has 4 bridgehead atoms. The van der Waals surface area contributed by atoms with E-state index in [0.29, 0.717) is 11.8 Å². The standard InChI is InChI=1S/C18H23NO/c1-12-2-4-15(5-3-12)17-7-13-6-14(8-17)10-18(9-13,11-17)16(19)20/h2-5,13-14H,6-11H2,1H3,(H2,19,20)/t13-,14-,17?,18?/m1/s1. The highest BCUT2D eigenvalue weighted by molar-refractivity contribution is 5.81. The lowest BCUT2D eigenvalue weighted by Crippen LogP contribution is -2.58. The van der Waals surface area contributed by atoms with Crippen molar-refractivity contribution in [1.29, 1.82) is 0 Å². The van der Waals surface area contributed by atoms with E-state index in [9.17, 15) is 4.79 Å². The first-order valence-electron chi connectivity index (χ1n) is 7.88. The lowest BCUT2D eigenvalue weighted by atomic mass is 9.42. The van der Waals surface area contributed by atoms with E-state index < -0.39 is 0 Å². The van der Waals surface area contributed by atoms with Crippen LogP contribution in [-0.4, -0.2) is 5.91 Å². The van der Waals surface area contributed by atoms with Crippen molar-refractivity contribution in [3.05, 3.63) is 35.4 Å². The summed E-state index contributed by atoms with van der Waals surface area (Å²) in [6.45, 7) is 2.13. The molecule has 0 saturated heterocycles. The summed E-state index contributed by atoms with van der Waals surface area (Å²) in [5.74, 6) is 1.39. The van der Waals surface area contributed by atoms with Gasteiger partial charge in [0.15, 0.2) is 0 Å². The molecule has 2 N–H and O–H groups in total. The van der Waals surface area contributed by atoms with Crippen LogP contribution in [0.25, 0.3) is 0 Å². The zero-order valence-electron chi connectivity index (χ0n) is 12.2. The second kappa shape index (κ2) is 3.87. The molecule has 0 aromatic heterocycles. The fraction of sp³-hybridized carbons (Fsp3) is 0.611. The van der Waals surface area contributed by atoms with Gasteiger partial charge in [-0.3, -0.25) is 4.79 Å². The first kappa shape index (κ1) is 12.4. The zero-order chi connectivity index (χ0) is 14.0. The number of nitrogens with two attached hydrogens (primary N) is 1. The highest BCUT2D eigenvalue weighted by Gasteiger charge is 2.60. The molecule has 4 saturated carbocycles. The van der Waals surface area contributed by atoms with Crippen LogP contribution in [0.3, 0.4) is 0 Å². The normalized spacial score (nSPS) is 41.9. The first-order valence-corrected chi connectivity index (χ1v) is 7.88. The summed E-state index contributed by atoms with van der Waals surface area (Å²) in [6, 6.07) is 9.00. The third-order valence-electron chi connectivity index (χ3n) is 6.25. The minimum absolute atomic E-state index is 0.0388. The predicted octanol–water partition coefficient (Wildman–Crippen LogP) is 3.32. The SMILES string of the molecule is Cc1ccc(C23C[C@H]4C[C@@H](CC(C(N)=O)(C4)C2)C3)cc1. The number of amides is 1. The van der Waals surface area contributed by atoms with Crippen molar-refractivity contribution < 1.29 is 4.79 Å². The number of aryl methyl sites for hydroxylation is 1. The maximum atomic E-state index is 12.1. The number of benzene rings is 1. The van der Waals surface area contributed by atoms with Gasteiger partial charge in [-0.2, -0.15) is 0 Å². The molecular formula is C18H23NO. The van der Waals surface area contributed by atoms with Crippen LogP contribution in [0.5, 0.6) is 0 Å². The molecule has 0 radical (unpaired) electrons. The van der Waals surface area contributed by atoms with E-state index in [-0.39, 0.29) is 16.7 Å². The van der Waals surface area contributed by atoms with Crippen LogP contribution in [0.1, 0.15) is 49.7 Å². The Morgan fingerprint density at radius 3 is 2.25 bits per heavy atom. The molecule has 4 aliphatic carbocycles. The number of carbonyl (C=O) groups is 1. The largest absolute Gasteiger partial charge is 0.369 e. The highest BCUT2D eigenvalue weighted by atomic mass is 16.1. The van der Waals surface area contributed by atoms with Crippen LogP contribution in [0.4, 0.5) is 0 Å². The van der Waals surface area contributed by atoms with E-state index in [2.05, 4.69) is 31.2 Å². The average molecular weight is 269 g/mol. The van der Waals surface area contributed by atoms with Gasteiger partial charge in [0.1, 0.15) is 0 Å². The monoisotopic (exact) mass is 269 g/mol.